The van der Waals surface area contributed by atoms with Crippen LogP contribution in [-0.2, 0) is 17.6 Å². The highest BCUT2D eigenvalue weighted by molar-refractivity contribution is 5.59. The molecule has 2 atom stereocenters. The van der Waals surface area contributed by atoms with Crippen molar-refractivity contribution in [3.8, 4) is 17.2 Å². The van der Waals surface area contributed by atoms with Gasteiger partial charge in [0.05, 0.1) is 12.3 Å². The number of aryl methyl sites for hydroxylation is 1. The summed E-state index contributed by atoms with van der Waals surface area (Å²) in [6, 6.07) is 28.5. The van der Waals surface area contributed by atoms with Gasteiger partial charge in [-0.05, 0) is 61.2 Å². The summed E-state index contributed by atoms with van der Waals surface area (Å²) >= 11 is 0. The number of nitrogens with zero attached hydrogens (tertiary/aromatic N) is 2. The Balaban J connectivity index is 1.18. The summed E-state index contributed by atoms with van der Waals surface area (Å²) in [7, 11) is 0. The predicted octanol–water partition coefficient (Wildman–Crippen LogP) is 5.77. The van der Waals surface area contributed by atoms with Crippen molar-refractivity contribution >= 4 is 12.0 Å². The number of rotatable bonds is 9. The molecule has 0 bridgehead atoms. The van der Waals surface area contributed by atoms with E-state index >= 15 is 0 Å². The van der Waals surface area contributed by atoms with Gasteiger partial charge in [0.1, 0.15) is 17.8 Å². The molecule has 1 aliphatic heterocycles. The summed E-state index contributed by atoms with van der Waals surface area (Å²) in [4.78, 5) is 18.8. The molecule has 0 aliphatic carbocycles. The van der Waals surface area contributed by atoms with Crippen LogP contribution >= 0.6 is 0 Å². The minimum Gasteiger partial charge on any atom is -0.493 e. The van der Waals surface area contributed by atoms with Gasteiger partial charge in [0, 0.05) is 36.7 Å². The van der Waals surface area contributed by atoms with E-state index in [2.05, 4.69) is 34.1 Å². The highest BCUT2D eigenvalue weighted by Crippen LogP contribution is 2.30. The molecule has 35 heavy (non-hydrogen) atoms. The van der Waals surface area contributed by atoms with Gasteiger partial charge in [-0.25, -0.2) is 4.98 Å². The summed E-state index contributed by atoms with van der Waals surface area (Å²) in [6.45, 7) is 4.12. The lowest BCUT2D eigenvalue weighted by Gasteiger charge is -2.18. The molecular formula is C30H30N2O3. The van der Waals surface area contributed by atoms with Gasteiger partial charge in [-0.2, -0.15) is 0 Å². The summed E-state index contributed by atoms with van der Waals surface area (Å²) in [6.07, 6.45) is 2.65. The van der Waals surface area contributed by atoms with Crippen LogP contribution in [0.15, 0.2) is 89.3 Å². The van der Waals surface area contributed by atoms with Gasteiger partial charge in [-0.1, -0.05) is 48.5 Å². The van der Waals surface area contributed by atoms with E-state index < -0.39 is 0 Å². The third-order valence-electron chi connectivity index (χ3n) is 6.71. The van der Waals surface area contributed by atoms with E-state index in [-0.39, 0.29) is 11.8 Å². The van der Waals surface area contributed by atoms with Crippen molar-refractivity contribution in [2.45, 2.75) is 19.8 Å². The second-order valence-corrected chi connectivity index (χ2v) is 9.14. The highest BCUT2D eigenvalue weighted by Gasteiger charge is 2.32. The molecule has 0 saturated carbocycles. The van der Waals surface area contributed by atoms with Crippen LogP contribution in [0, 0.1) is 18.8 Å². The van der Waals surface area contributed by atoms with Gasteiger partial charge in [-0.15, -0.1) is 0 Å². The first-order valence-corrected chi connectivity index (χ1v) is 12.2. The quantitative estimate of drug-likeness (QED) is 0.293. The maximum atomic E-state index is 11.8. The minimum absolute atomic E-state index is 0.0359. The van der Waals surface area contributed by atoms with Crippen molar-refractivity contribution < 1.29 is 13.9 Å². The van der Waals surface area contributed by atoms with Crippen LogP contribution in [0.2, 0.25) is 0 Å². The molecule has 5 nitrogen and oxygen atoms in total. The summed E-state index contributed by atoms with van der Waals surface area (Å²) < 4.78 is 11.9. The SMILES string of the molecule is Cc1oc(-c2ccccc2)nc1CCOc1cccc(C[C@H]2CN(c3ccccc3)C[C@@H]2C=O)c1. The Bertz CT molecular complexity index is 1250. The van der Waals surface area contributed by atoms with Crippen molar-refractivity contribution in [1.82, 2.24) is 4.98 Å². The molecule has 0 unspecified atom stereocenters. The first-order chi connectivity index (χ1) is 17.2. The maximum Gasteiger partial charge on any atom is 0.226 e. The average Bonchev–Trinajstić information content (AvgIpc) is 3.48. The lowest BCUT2D eigenvalue weighted by Crippen LogP contribution is -2.20. The Morgan fingerprint density at radius 1 is 1.00 bits per heavy atom. The second kappa shape index (κ2) is 10.6. The molecule has 0 amide bonds. The number of aldehydes is 1. The fourth-order valence-corrected chi connectivity index (χ4v) is 4.81. The number of hydrogen-bond donors (Lipinski definition) is 0. The van der Waals surface area contributed by atoms with E-state index in [0.29, 0.717) is 18.9 Å². The number of benzene rings is 3. The number of carbonyl (C=O) groups excluding carboxylic acids is 1. The Labute approximate surface area is 206 Å². The molecule has 0 radical (unpaired) electrons. The normalized spacial score (nSPS) is 17.5. The van der Waals surface area contributed by atoms with Crippen LogP contribution in [0.25, 0.3) is 11.5 Å². The second-order valence-electron chi connectivity index (χ2n) is 9.14. The Morgan fingerprint density at radius 3 is 2.54 bits per heavy atom. The molecule has 1 aromatic heterocycles. The monoisotopic (exact) mass is 466 g/mol. The molecule has 1 aliphatic rings. The van der Waals surface area contributed by atoms with Gasteiger partial charge >= 0.3 is 0 Å². The van der Waals surface area contributed by atoms with Crippen LogP contribution in [0.5, 0.6) is 5.75 Å². The number of anilines is 1. The zero-order valence-electron chi connectivity index (χ0n) is 20.0. The largest absolute Gasteiger partial charge is 0.493 e. The summed E-state index contributed by atoms with van der Waals surface area (Å²) in [5.74, 6) is 2.63. The van der Waals surface area contributed by atoms with Crippen LogP contribution in [0.1, 0.15) is 17.0 Å². The highest BCUT2D eigenvalue weighted by atomic mass is 16.5. The molecule has 178 valence electrons. The van der Waals surface area contributed by atoms with Gasteiger partial charge < -0.3 is 18.8 Å². The van der Waals surface area contributed by atoms with Crippen LogP contribution < -0.4 is 9.64 Å². The van der Waals surface area contributed by atoms with Gasteiger partial charge in [0.15, 0.2) is 0 Å². The Hall–Kier alpha value is -3.86. The zero-order valence-corrected chi connectivity index (χ0v) is 20.0. The van der Waals surface area contributed by atoms with Crippen LogP contribution in [0.3, 0.4) is 0 Å². The third-order valence-corrected chi connectivity index (χ3v) is 6.71. The van der Waals surface area contributed by atoms with Crippen molar-refractivity contribution in [3.05, 3.63) is 102 Å². The van der Waals surface area contributed by atoms with Crippen molar-refractivity contribution in [2.75, 3.05) is 24.6 Å². The fourth-order valence-electron chi connectivity index (χ4n) is 4.81. The van der Waals surface area contributed by atoms with E-state index in [4.69, 9.17) is 9.15 Å². The molecule has 2 heterocycles. The van der Waals surface area contributed by atoms with E-state index in [0.717, 1.165) is 48.6 Å². The van der Waals surface area contributed by atoms with Crippen LogP contribution in [-0.4, -0.2) is 31.0 Å². The van der Waals surface area contributed by atoms with E-state index in [1.807, 2.05) is 67.6 Å². The molecule has 1 fully saturated rings. The molecule has 4 aromatic rings. The molecule has 1 saturated heterocycles. The molecule has 5 rings (SSSR count). The Kier molecular flexibility index (Phi) is 6.94. The standard InChI is InChI=1S/C30H30N2O3/c1-22-29(31-30(35-22)24-10-4-2-5-11-24)15-16-34-28-14-8-9-23(18-28)17-25-19-32(20-26(25)21-33)27-12-6-3-7-13-27/h2-14,18,21,25-26H,15-17,19-20H2,1H3/t25-,26+/m0/s1. The van der Waals surface area contributed by atoms with Gasteiger partial charge in [0.25, 0.3) is 0 Å². The maximum absolute atomic E-state index is 11.8. The van der Waals surface area contributed by atoms with Crippen molar-refractivity contribution in [1.29, 1.82) is 0 Å². The molecule has 3 aromatic carbocycles. The Morgan fingerprint density at radius 2 is 1.77 bits per heavy atom. The molecule has 0 N–H and O–H groups in total. The first kappa shape index (κ1) is 22.9. The van der Waals surface area contributed by atoms with Gasteiger partial charge in [0.2, 0.25) is 5.89 Å². The molecular weight excluding hydrogens is 436 g/mol. The predicted molar refractivity (Wildman–Crippen MR) is 138 cm³/mol. The third kappa shape index (κ3) is 5.46. The van der Waals surface area contributed by atoms with E-state index in [1.54, 1.807) is 0 Å². The number of hydrogen-bond acceptors (Lipinski definition) is 5. The summed E-state index contributed by atoms with van der Waals surface area (Å²) in [5, 5.41) is 0. The minimum atomic E-state index is 0.0359. The lowest BCUT2D eigenvalue weighted by atomic mass is 9.91. The van der Waals surface area contributed by atoms with Crippen molar-refractivity contribution in [3.63, 3.8) is 0 Å². The molecule has 5 heteroatoms. The first-order valence-electron chi connectivity index (χ1n) is 12.2. The fraction of sp³-hybridized carbons (Fsp3) is 0.267. The van der Waals surface area contributed by atoms with Gasteiger partial charge in [-0.3, -0.25) is 0 Å². The summed E-state index contributed by atoms with van der Waals surface area (Å²) in [5.41, 5.74) is 4.26. The smallest absolute Gasteiger partial charge is 0.226 e. The topological polar surface area (TPSA) is 55.6 Å². The number of carbonyl (C=O) groups is 1. The van der Waals surface area contributed by atoms with E-state index in [1.165, 1.54) is 11.3 Å². The average molecular weight is 467 g/mol. The van der Waals surface area contributed by atoms with Crippen LogP contribution in [0.4, 0.5) is 5.69 Å². The number of ether oxygens (including phenoxy) is 1. The zero-order chi connectivity index (χ0) is 24.0. The number of para-hydroxylation sites is 1. The number of oxazole rings is 1. The molecule has 0 spiro atoms. The van der Waals surface area contributed by atoms with E-state index in [9.17, 15) is 4.79 Å². The lowest BCUT2D eigenvalue weighted by molar-refractivity contribution is -0.111. The van der Waals surface area contributed by atoms with Crippen molar-refractivity contribution in [2.24, 2.45) is 11.8 Å². The number of aromatic nitrogens is 1.